The van der Waals surface area contributed by atoms with E-state index in [9.17, 15) is 14.7 Å². The maximum absolute atomic E-state index is 12.4. The Balaban J connectivity index is 2.71. The summed E-state index contributed by atoms with van der Waals surface area (Å²) in [5, 5.41) is 10.9. The van der Waals surface area contributed by atoms with Gasteiger partial charge < -0.3 is 10.1 Å². The smallest absolute Gasteiger partial charge is 0.266 e. The zero-order valence-corrected chi connectivity index (χ0v) is 19.8. The van der Waals surface area contributed by atoms with Crippen LogP contribution in [0.2, 0.25) is 0 Å². The zero-order valence-electron chi connectivity index (χ0n) is 19.0. The molecule has 158 valence electrons. The molecule has 0 saturated carbocycles. The van der Waals surface area contributed by atoms with E-state index in [1.807, 2.05) is 39.0 Å². The molecule has 0 aliphatic rings. The van der Waals surface area contributed by atoms with Crippen LogP contribution in [0, 0.1) is 5.41 Å². The molecule has 0 aliphatic carbocycles. The minimum atomic E-state index is -0.495. The van der Waals surface area contributed by atoms with E-state index in [4.69, 9.17) is 0 Å². The summed E-state index contributed by atoms with van der Waals surface area (Å²) in [6, 6.07) is 3.88. The SMILES string of the molecule is CC(C)(C)C(=O)/C=c1\[nH]c(=O)/c(=C\c2cc(C(C)(C)C)c(O)c(C(C)(C)C)c2)s1. The highest BCUT2D eigenvalue weighted by Crippen LogP contribution is 2.39. The van der Waals surface area contributed by atoms with E-state index in [-0.39, 0.29) is 22.2 Å². The van der Waals surface area contributed by atoms with Crippen LogP contribution < -0.4 is 14.8 Å². The lowest BCUT2D eigenvalue weighted by atomic mass is 9.78. The Morgan fingerprint density at radius 3 is 1.86 bits per heavy atom. The van der Waals surface area contributed by atoms with E-state index in [2.05, 4.69) is 46.5 Å². The summed E-state index contributed by atoms with van der Waals surface area (Å²) in [6.07, 6.45) is 3.33. The number of aromatic amines is 1. The fraction of sp³-hybridized carbons (Fsp3) is 0.500. The largest absolute Gasteiger partial charge is 0.507 e. The van der Waals surface area contributed by atoms with Crippen molar-refractivity contribution in [3.63, 3.8) is 0 Å². The number of hydrogen-bond acceptors (Lipinski definition) is 4. The Bertz CT molecular complexity index is 1060. The monoisotopic (exact) mass is 415 g/mol. The second kappa shape index (κ2) is 7.60. The number of thiazole rings is 1. The Morgan fingerprint density at radius 2 is 1.45 bits per heavy atom. The Morgan fingerprint density at radius 1 is 0.966 bits per heavy atom. The number of rotatable bonds is 2. The summed E-state index contributed by atoms with van der Waals surface area (Å²) in [6.45, 7) is 17.9. The lowest BCUT2D eigenvalue weighted by Gasteiger charge is -2.27. The molecule has 2 aromatic rings. The number of phenols is 1. The first-order chi connectivity index (χ1) is 13.0. The Kier molecular flexibility index (Phi) is 6.06. The average molecular weight is 416 g/mol. The van der Waals surface area contributed by atoms with Crippen molar-refractivity contribution < 1.29 is 9.90 Å². The molecule has 5 heteroatoms. The molecule has 2 rings (SSSR count). The first-order valence-corrected chi connectivity index (χ1v) is 10.7. The van der Waals surface area contributed by atoms with Gasteiger partial charge in [-0.1, -0.05) is 62.3 Å². The molecule has 29 heavy (non-hydrogen) atoms. The van der Waals surface area contributed by atoms with Gasteiger partial charge in [-0.25, -0.2) is 0 Å². The van der Waals surface area contributed by atoms with Crippen molar-refractivity contribution in [2.75, 3.05) is 0 Å². The van der Waals surface area contributed by atoms with Crippen LogP contribution in [0.3, 0.4) is 0 Å². The molecule has 0 spiro atoms. The van der Waals surface area contributed by atoms with Gasteiger partial charge in [0.1, 0.15) is 5.75 Å². The Hall–Kier alpha value is -2.14. The van der Waals surface area contributed by atoms with Crippen LogP contribution in [0.5, 0.6) is 5.75 Å². The van der Waals surface area contributed by atoms with Gasteiger partial charge in [0.15, 0.2) is 5.78 Å². The normalized spacial score (nSPS) is 14.5. The maximum Gasteiger partial charge on any atom is 0.266 e. The van der Waals surface area contributed by atoms with Crippen molar-refractivity contribution in [1.82, 2.24) is 4.98 Å². The van der Waals surface area contributed by atoms with Crippen LogP contribution in [0.25, 0.3) is 12.2 Å². The summed E-state index contributed by atoms with van der Waals surface area (Å²) in [5.41, 5.74) is 1.36. The van der Waals surface area contributed by atoms with Gasteiger partial charge in [0, 0.05) is 22.6 Å². The standard InChI is InChI=1S/C24H33NO3S/c1-22(2,3)15-10-14(11-16(20(15)27)23(4,5)6)12-17-21(28)25-19(29-17)13-18(26)24(7,8)9/h10-13,27H,1-9H3,(H,25,28)/b17-12+,19-13+. The summed E-state index contributed by atoms with van der Waals surface area (Å²) in [4.78, 5) is 27.5. The lowest BCUT2D eigenvalue weighted by Crippen LogP contribution is -2.22. The molecular weight excluding hydrogens is 382 g/mol. The summed E-state index contributed by atoms with van der Waals surface area (Å²) < 4.78 is 1.08. The third-order valence-electron chi connectivity index (χ3n) is 4.73. The highest BCUT2D eigenvalue weighted by Gasteiger charge is 2.26. The van der Waals surface area contributed by atoms with Crippen molar-refractivity contribution in [1.29, 1.82) is 0 Å². The molecule has 0 radical (unpaired) electrons. The van der Waals surface area contributed by atoms with E-state index in [0.717, 1.165) is 16.7 Å². The number of benzene rings is 1. The molecular formula is C24H33NO3S. The number of aromatic nitrogens is 1. The number of Topliss-reactive ketones (excluding diaryl/α,β-unsaturated/α-hetero) is 1. The van der Waals surface area contributed by atoms with Crippen molar-refractivity contribution in [3.8, 4) is 5.75 Å². The fourth-order valence-electron chi connectivity index (χ4n) is 2.89. The maximum atomic E-state index is 12.4. The third kappa shape index (κ3) is 5.47. The molecule has 0 atom stereocenters. The van der Waals surface area contributed by atoms with Gasteiger partial charge in [-0.2, -0.15) is 0 Å². The van der Waals surface area contributed by atoms with Gasteiger partial charge in [0.2, 0.25) is 0 Å². The second-order valence-electron chi connectivity index (χ2n) is 10.7. The predicted octanol–water partition coefficient (Wildman–Crippen LogP) is 3.96. The minimum Gasteiger partial charge on any atom is -0.507 e. The minimum absolute atomic E-state index is 0.0313. The number of hydrogen-bond donors (Lipinski definition) is 2. The quantitative estimate of drug-likeness (QED) is 0.780. The molecule has 0 unspecified atom stereocenters. The zero-order chi connectivity index (χ0) is 22.4. The first kappa shape index (κ1) is 23.1. The average Bonchev–Trinajstić information content (AvgIpc) is 2.85. The fourth-order valence-corrected chi connectivity index (χ4v) is 3.78. The van der Waals surface area contributed by atoms with E-state index in [0.29, 0.717) is 14.9 Å². The van der Waals surface area contributed by atoms with Gasteiger partial charge in [-0.3, -0.25) is 9.59 Å². The number of phenolic OH excluding ortho intramolecular Hbond substituents is 1. The van der Waals surface area contributed by atoms with E-state index >= 15 is 0 Å². The van der Waals surface area contributed by atoms with Gasteiger partial charge in [-0.05, 0) is 34.6 Å². The summed E-state index contributed by atoms with van der Waals surface area (Å²) in [7, 11) is 0. The van der Waals surface area contributed by atoms with Crippen LogP contribution in [-0.2, 0) is 15.6 Å². The molecule has 4 nitrogen and oxygen atoms in total. The number of carbonyl (C=O) groups excluding carboxylic acids is 1. The van der Waals surface area contributed by atoms with Crippen molar-refractivity contribution in [2.45, 2.75) is 73.1 Å². The Labute approximate surface area is 177 Å². The molecule has 0 saturated heterocycles. The van der Waals surface area contributed by atoms with E-state index in [1.54, 1.807) is 0 Å². The molecule has 1 aromatic carbocycles. The summed E-state index contributed by atoms with van der Waals surface area (Å²) in [5.74, 6) is 0.281. The van der Waals surface area contributed by atoms with Gasteiger partial charge >= 0.3 is 0 Å². The van der Waals surface area contributed by atoms with Gasteiger partial charge in [0.25, 0.3) is 5.56 Å². The molecule has 0 amide bonds. The van der Waals surface area contributed by atoms with E-state index < -0.39 is 5.41 Å². The van der Waals surface area contributed by atoms with Gasteiger partial charge in [0.05, 0.1) is 9.20 Å². The molecule has 2 N–H and O–H groups in total. The molecule has 0 bridgehead atoms. The number of nitrogens with one attached hydrogen (secondary N) is 1. The summed E-state index contributed by atoms with van der Waals surface area (Å²) >= 11 is 1.27. The highest BCUT2D eigenvalue weighted by molar-refractivity contribution is 7.07. The second-order valence-corrected chi connectivity index (χ2v) is 11.7. The van der Waals surface area contributed by atoms with Crippen LogP contribution in [0.15, 0.2) is 16.9 Å². The van der Waals surface area contributed by atoms with Gasteiger partial charge in [-0.15, -0.1) is 11.3 Å². The molecule has 0 fully saturated rings. The van der Waals surface area contributed by atoms with Crippen LogP contribution in [0.1, 0.15) is 79.0 Å². The number of aromatic hydroxyl groups is 1. The lowest BCUT2D eigenvalue weighted by molar-refractivity contribution is -0.119. The molecule has 0 aliphatic heterocycles. The molecule has 1 aromatic heterocycles. The number of carbonyl (C=O) groups is 1. The third-order valence-corrected chi connectivity index (χ3v) is 5.69. The van der Waals surface area contributed by atoms with Crippen molar-refractivity contribution in [2.24, 2.45) is 5.41 Å². The van der Waals surface area contributed by atoms with Crippen molar-refractivity contribution >= 4 is 29.3 Å². The number of ketones is 1. The van der Waals surface area contributed by atoms with Crippen LogP contribution in [0.4, 0.5) is 0 Å². The highest BCUT2D eigenvalue weighted by atomic mass is 32.1. The van der Waals surface area contributed by atoms with Crippen LogP contribution in [-0.4, -0.2) is 15.9 Å². The predicted molar refractivity (Wildman–Crippen MR) is 122 cm³/mol. The van der Waals surface area contributed by atoms with Crippen molar-refractivity contribution in [3.05, 3.63) is 48.4 Å². The van der Waals surface area contributed by atoms with Crippen LogP contribution >= 0.6 is 11.3 Å². The van der Waals surface area contributed by atoms with E-state index in [1.165, 1.54) is 17.4 Å². The molecule has 1 heterocycles. The number of H-pyrrole nitrogens is 1. The first-order valence-electron chi connectivity index (χ1n) is 9.85. The topological polar surface area (TPSA) is 70.2 Å².